The molecule has 0 aliphatic carbocycles. The number of alkyl halides is 3. The minimum absolute atomic E-state index is 0.0532. The lowest BCUT2D eigenvalue weighted by molar-refractivity contribution is -0.137. The number of hydrogen-bond donors (Lipinski definition) is 1. The van der Waals surface area contributed by atoms with Crippen LogP contribution < -0.4 is 5.32 Å². The topological polar surface area (TPSA) is 46.9 Å². The van der Waals surface area contributed by atoms with E-state index >= 15 is 0 Å². The van der Waals surface area contributed by atoms with E-state index in [-0.39, 0.29) is 17.3 Å². The van der Waals surface area contributed by atoms with Crippen molar-refractivity contribution in [2.75, 3.05) is 0 Å². The van der Waals surface area contributed by atoms with Crippen LogP contribution in [-0.2, 0) is 19.3 Å². The predicted octanol–water partition coefficient (Wildman–Crippen LogP) is 4.84. The van der Waals surface area contributed by atoms with Crippen LogP contribution in [-0.4, -0.2) is 15.7 Å². The molecule has 8 heteroatoms. The highest BCUT2D eigenvalue weighted by atomic mass is 35.5. The Morgan fingerprint density at radius 1 is 1.11 bits per heavy atom. The number of nitrogens with zero attached hydrogens (tertiary/aromatic N) is 2. The first-order chi connectivity index (χ1) is 13.3. The summed E-state index contributed by atoms with van der Waals surface area (Å²) in [5, 5.41) is 7.10. The van der Waals surface area contributed by atoms with Crippen molar-refractivity contribution in [3.63, 3.8) is 0 Å². The van der Waals surface area contributed by atoms with E-state index in [0.29, 0.717) is 17.8 Å². The molecule has 0 unspecified atom stereocenters. The Morgan fingerprint density at radius 2 is 1.79 bits per heavy atom. The Labute approximate surface area is 164 Å². The number of carbonyl (C=O) groups excluding carboxylic acids is 1. The molecule has 0 saturated carbocycles. The Balaban J connectivity index is 1.73. The molecule has 3 rings (SSSR count). The standard InChI is InChI=1S/C20H17ClF3N3O/c1-13-17(18(21)27(26-13)12-14-6-3-2-4-7-14)19(28)25-11-15-8-5-9-16(10-15)20(22,23)24/h2-10H,11-12H2,1H3,(H,25,28). The van der Waals surface area contributed by atoms with Gasteiger partial charge in [-0.2, -0.15) is 18.3 Å². The summed E-state index contributed by atoms with van der Waals surface area (Å²) in [5.41, 5.74) is 1.22. The number of rotatable bonds is 5. The molecule has 4 nitrogen and oxygen atoms in total. The van der Waals surface area contributed by atoms with Crippen LogP contribution >= 0.6 is 11.6 Å². The first-order valence-corrected chi connectivity index (χ1v) is 8.84. The van der Waals surface area contributed by atoms with Crippen molar-refractivity contribution in [2.45, 2.75) is 26.2 Å². The van der Waals surface area contributed by atoms with E-state index in [9.17, 15) is 18.0 Å². The van der Waals surface area contributed by atoms with Crippen molar-refractivity contribution in [1.82, 2.24) is 15.1 Å². The Bertz CT molecular complexity index is 984. The minimum Gasteiger partial charge on any atom is -0.348 e. The van der Waals surface area contributed by atoms with Gasteiger partial charge in [0.2, 0.25) is 0 Å². The molecule has 28 heavy (non-hydrogen) atoms. The lowest BCUT2D eigenvalue weighted by Crippen LogP contribution is -2.23. The van der Waals surface area contributed by atoms with Crippen molar-refractivity contribution in [3.8, 4) is 0 Å². The molecule has 0 aliphatic heterocycles. The van der Waals surface area contributed by atoms with Crippen LogP contribution in [0.5, 0.6) is 0 Å². The second-order valence-electron chi connectivity index (χ2n) is 6.28. The second-order valence-corrected chi connectivity index (χ2v) is 6.63. The van der Waals surface area contributed by atoms with Gasteiger partial charge in [0.1, 0.15) is 5.15 Å². The van der Waals surface area contributed by atoms with Crippen LogP contribution in [0.2, 0.25) is 5.15 Å². The summed E-state index contributed by atoms with van der Waals surface area (Å²) in [7, 11) is 0. The third-order valence-electron chi connectivity index (χ3n) is 4.18. The van der Waals surface area contributed by atoms with Gasteiger partial charge in [0.05, 0.1) is 23.4 Å². The summed E-state index contributed by atoms with van der Waals surface area (Å²) in [5.74, 6) is -0.487. The summed E-state index contributed by atoms with van der Waals surface area (Å²) in [6, 6.07) is 14.3. The number of aromatic nitrogens is 2. The summed E-state index contributed by atoms with van der Waals surface area (Å²) in [4.78, 5) is 12.5. The van der Waals surface area contributed by atoms with Crippen molar-refractivity contribution in [1.29, 1.82) is 0 Å². The molecule has 0 bridgehead atoms. The smallest absolute Gasteiger partial charge is 0.348 e. The van der Waals surface area contributed by atoms with Gasteiger partial charge in [0.25, 0.3) is 5.91 Å². The molecular formula is C20H17ClF3N3O. The molecule has 0 spiro atoms. The average Bonchev–Trinajstić information content (AvgIpc) is 2.93. The largest absolute Gasteiger partial charge is 0.416 e. The fourth-order valence-corrected chi connectivity index (χ4v) is 3.12. The average molecular weight is 408 g/mol. The lowest BCUT2D eigenvalue weighted by atomic mass is 10.1. The molecule has 146 valence electrons. The number of nitrogens with one attached hydrogen (secondary N) is 1. The van der Waals surface area contributed by atoms with Crippen molar-refractivity contribution in [2.24, 2.45) is 0 Å². The zero-order chi connectivity index (χ0) is 20.3. The van der Waals surface area contributed by atoms with E-state index in [1.54, 1.807) is 6.92 Å². The molecule has 1 heterocycles. The SMILES string of the molecule is Cc1nn(Cc2ccccc2)c(Cl)c1C(=O)NCc1cccc(C(F)(F)F)c1. The van der Waals surface area contributed by atoms with Gasteiger partial charge in [-0.05, 0) is 30.2 Å². The summed E-state index contributed by atoms with van der Waals surface area (Å²) >= 11 is 6.33. The Kier molecular flexibility index (Phi) is 5.74. The quantitative estimate of drug-likeness (QED) is 0.657. The van der Waals surface area contributed by atoms with Crippen LogP contribution in [0.1, 0.15) is 32.7 Å². The fourth-order valence-electron chi connectivity index (χ4n) is 2.80. The fraction of sp³-hybridized carbons (Fsp3) is 0.200. The molecule has 3 aromatic rings. The number of hydrogen-bond acceptors (Lipinski definition) is 2. The maximum Gasteiger partial charge on any atom is 0.416 e. The molecule has 1 N–H and O–H groups in total. The van der Waals surface area contributed by atoms with Crippen LogP contribution in [0.4, 0.5) is 13.2 Å². The Morgan fingerprint density at radius 3 is 2.46 bits per heavy atom. The summed E-state index contributed by atoms with van der Waals surface area (Å²) < 4.78 is 39.9. The van der Waals surface area contributed by atoms with E-state index in [0.717, 1.165) is 17.7 Å². The van der Waals surface area contributed by atoms with E-state index in [4.69, 9.17) is 11.6 Å². The van der Waals surface area contributed by atoms with Gasteiger partial charge in [-0.15, -0.1) is 0 Å². The maximum atomic E-state index is 12.8. The molecule has 0 atom stereocenters. The zero-order valence-corrected chi connectivity index (χ0v) is 15.7. The summed E-state index contributed by atoms with van der Waals surface area (Å²) in [6.07, 6.45) is -4.43. The monoisotopic (exact) mass is 407 g/mol. The van der Waals surface area contributed by atoms with Crippen molar-refractivity contribution >= 4 is 17.5 Å². The van der Waals surface area contributed by atoms with Gasteiger partial charge in [0.15, 0.2) is 0 Å². The highest BCUT2D eigenvalue weighted by Gasteiger charge is 2.30. The highest BCUT2D eigenvalue weighted by Crippen LogP contribution is 2.29. The van der Waals surface area contributed by atoms with Crippen LogP contribution in [0, 0.1) is 6.92 Å². The predicted molar refractivity (Wildman–Crippen MR) is 100 cm³/mol. The number of carbonyl (C=O) groups is 1. The molecule has 0 fully saturated rings. The maximum absolute atomic E-state index is 12.8. The van der Waals surface area contributed by atoms with E-state index in [2.05, 4.69) is 10.4 Å². The van der Waals surface area contributed by atoms with Gasteiger partial charge < -0.3 is 5.32 Å². The lowest BCUT2D eigenvalue weighted by Gasteiger charge is -2.10. The number of amides is 1. The van der Waals surface area contributed by atoms with E-state index < -0.39 is 17.6 Å². The molecule has 0 aliphatic rings. The molecular weight excluding hydrogens is 391 g/mol. The van der Waals surface area contributed by atoms with Crippen molar-refractivity contribution < 1.29 is 18.0 Å². The van der Waals surface area contributed by atoms with Gasteiger partial charge in [-0.25, -0.2) is 4.68 Å². The number of benzene rings is 2. The van der Waals surface area contributed by atoms with E-state index in [1.807, 2.05) is 30.3 Å². The number of halogens is 4. The van der Waals surface area contributed by atoms with Gasteiger partial charge in [-0.3, -0.25) is 4.79 Å². The Hall–Kier alpha value is -2.80. The van der Waals surface area contributed by atoms with Gasteiger partial charge >= 0.3 is 6.18 Å². The van der Waals surface area contributed by atoms with Crippen molar-refractivity contribution in [3.05, 3.63) is 87.7 Å². The first kappa shape index (κ1) is 19.9. The highest BCUT2D eigenvalue weighted by molar-refractivity contribution is 6.33. The van der Waals surface area contributed by atoms with Crippen LogP contribution in [0.3, 0.4) is 0 Å². The summed E-state index contributed by atoms with van der Waals surface area (Å²) in [6.45, 7) is 2.01. The second kappa shape index (κ2) is 8.06. The minimum atomic E-state index is -4.43. The zero-order valence-electron chi connectivity index (χ0n) is 14.9. The van der Waals surface area contributed by atoms with E-state index in [1.165, 1.54) is 16.8 Å². The molecule has 1 aromatic heterocycles. The van der Waals surface area contributed by atoms with Crippen LogP contribution in [0.15, 0.2) is 54.6 Å². The number of aryl methyl sites for hydroxylation is 1. The van der Waals surface area contributed by atoms with Gasteiger partial charge in [0, 0.05) is 6.54 Å². The van der Waals surface area contributed by atoms with Gasteiger partial charge in [-0.1, -0.05) is 54.1 Å². The molecule has 0 saturated heterocycles. The molecule has 2 aromatic carbocycles. The third-order valence-corrected chi connectivity index (χ3v) is 4.56. The van der Waals surface area contributed by atoms with Crippen LogP contribution in [0.25, 0.3) is 0 Å². The third kappa shape index (κ3) is 4.54. The first-order valence-electron chi connectivity index (χ1n) is 8.47. The normalized spacial score (nSPS) is 11.5. The molecule has 1 amide bonds. The molecule has 0 radical (unpaired) electrons.